The number of carbonyl (C=O) groups excluding carboxylic acids is 1. The van der Waals surface area contributed by atoms with E-state index < -0.39 is 22.2 Å². The number of carbonyl (C=O) groups is 1. The number of nitrogens with zero attached hydrogens (tertiary/aromatic N) is 9. The highest BCUT2D eigenvalue weighted by atomic mass is 32.2. The van der Waals surface area contributed by atoms with Crippen molar-refractivity contribution in [2.75, 3.05) is 47.1 Å². The highest BCUT2D eigenvalue weighted by molar-refractivity contribution is 7.92. The molecule has 1 atom stereocenters. The van der Waals surface area contributed by atoms with Crippen molar-refractivity contribution in [3.8, 4) is 5.88 Å². The summed E-state index contributed by atoms with van der Waals surface area (Å²) in [7, 11) is -2.66. The van der Waals surface area contributed by atoms with Crippen molar-refractivity contribution in [3.63, 3.8) is 0 Å². The Kier molecular flexibility index (Phi) is 9.63. The third-order valence-electron chi connectivity index (χ3n) is 8.31. The van der Waals surface area contributed by atoms with Gasteiger partial charge >= 0.3 is 6.09 Å². The molecule has 1 saturated heterocycles. The van der Waals surface area contributed by atoms with Gasteiger partial charge in [-0.1, -0.05) is 0 Å². The number of sulfonamides is 1. The Labute approximate surface area is 276 Å². The van der Waals surface area contributed by atoms with Crippen LogP contribution in [0.5, 0.6) is 5.88 Å². The van der Waals surface area contributed by atoms with Gasteiger partial charge in [0.05, 0.1) is 54.1 Å². The predicted molar refractivity (Wildman–Crippen MR) is 176 cm³/mol. The molecule has 2 fully saturated rings. The summed E-state index contributed by atoms with van der Waals surface area (Å²) in [6.45, 7) is 3.92. The summed E-state index contributed by atoms with van der Waals surface area (Å²) in [5, 5.41) is 6.63. The summed E-state index contributed by atoms with van der Waals surface area (Å²) < 4.78 is 45.5. The van der Waals surface area contributed by atoms with Crippen LogP contribution in [0.25, 0.3) is 10.9 Å². The molecule has 1 N–H and O–H groups in total. The van der Waals surface area contributed by atoms with Gasteiger partial charge in [-0.3, -0.25) is 4.98 Å². The monoisotopic (exact) mass is 680 g/mol. The standard InChI is InChI=1S/C30H36N10O7S/c1-19(25-18-34-29(37-42)38(25)2)46-30(41)40(48(3,43)44)21-15-23-24(33-17-21)16-26(39-11-13-45-14-12-39)36-27(23)47-22-7-5-20(6-8-22)35-28-31-9-4-10-32-28/h4,9-10,15-20,22H,5-8,11-14H2,1-3H3,(H,31,32,35). The number of nitroso groups, excluding NO2 is 1. The highest BCUT2D eigenvalue weighted by Gasteiger charge is 2.31. The molecule has 4 aromatic rings. The van der Waals surface area contributed by atoms with Crippen LogP contribution in [0.4, 0.5) is 28.2 Å². The molecule has 4 aromatic heterocycles. The second-order valence-corrected chi connectivity index (χ2v) is 13.5. The van der Waals surface area contributed by atoms with Crippen molar-refractivity contribution < 1.29 is 27.4 Å². The zero-order valence-electron chi connectivity index (χ0n) is 26.7. The van der Waals surface area contributed by atoms with Crippen molar-refractivity contribution >= 4 is 50.4 Å². The van der Waals surface area contributed by atoms with Gasteiger partial charge in [-0.05, 0) is 44.7 Å². The van der Waals surface area contributed by atoms with Crippen LogP contribution in [0.15, 0.2) is 48.2 Å². The van der Waals surface area contributed by atoms with Crippen molar-refractivity contribution in [2.24, 2.45) is 12.2 Å². The second-order valence-electron chi connectivity index (χ2n) is 11.6. The lowest BCUT2D eigenvalue weighted by Crippen LogP contribution is -2.37. The predicted octanol–water partition coefficient (Wildman–Crippen LogP) is 3.85. The molecule has 18 heteroatoms. The van der Waals surface area contributed by atoms with Crippen molar-refractivity contribution in [3.05, 3.63) is 53.6 Å². The van der Waals surface area contributed by atoms with E-state index in [9.17, 15) is 18.1 Å². The molecular weight excluding hydrogens is 644 g/mol. The van der Waals surface area contributed by atoms with E-state index >= 15 is 0 Å². The van der Waals surface area contributed by atoms with Gasteiger partial charge in [0.1, 0.15) is 18.0 Å². The molecule has 17 nitrogen and oxygen atoms in total. The Hall–Kier alpha value is -4.97. The van der Waals surface area contributed by atoms with Crippen LogP contribution in [0, 0.1) is 4.91 Å². The minimum absolute atomic E-state index is 0.0519. The Bertz CT molecular complexity index is 1880. The Morgan fingerprint density at radius 2 is 1.81 bits per heavy atom. The number of anilines is 3. The minimum Gasteiger partial charge on any atom is -0.474 e. The number of nitrogens with one attached hydrogen (secondary N) is 1. The first-order valence-electron chi connectivity index (χ1n) is 15.5. The van der Waals surface area contributed by atoms with Gasteiger partial charge in [-0.25, -0.2) is 28.2 Å². The highest BCUT2D eigenvalue weighted by Crippen LogP contribution is 2.34. The van der Waals surface area contributed by atoms with Gasteiger partial charge in [-0.15, -0.1) is 4.91 Å². The Morgan fingerprint density at radius 1 is 1.08 bits per heavy atom. The lowest BCUT2D eigenvalue weighted by molar-refractivity contribution is 0.114. The molecule has 0 spiro atoms. The van der Waals surface area contributed by atoms with Crippen molar-refractivity contribution in [2.45, 2.75) is 50.9 Å². The maximum absolute atomic E-state index is 13.4. The fourth-order valence-corrected chi connectivity index (χ4v) is 6.63. The summed E-state index contributed by atoms with van der Waals surface area (Å²) in [5.74, 6) is 1.41. The average molecular weight is 681 g/mol. The zero-order valence-corrected chi connectivity index (χ0v) is 27.5. The number of hydrogen-bond acceptors (Lipinski definition) is 15. The van der Waals surface area contributed by atoms with Crippen LogP contribution in [0.1, 0.15) is 44.4 Å². The number of rotatable bonds is 10. The molecule has 0 radical (unpaired) electrons. The average Bonchev–Trinajstić information content (AvgIpc) is 3.46. The smallest absolute Gasteiger partial charge is 0.429 e. The number of pyridine rings is 2. The molecule has 5 heterocycles. The topological polar surface area (TPSA) is 196 Å². The summed E-state index contributed by atoms with van der Waals surface area (Å²) in [4.78, 5) is 48.3. The maximum Gasteiger partial charge on any atom is 0.429 e. The summed E-state index contributed by atoms with van der Waals surface area (Å²) in [6.07, 6.45) is 7.72. The van der Waals surface area contributed by atoms with Gasteiger partial charge in [0.15, 0.2) is 0 Å². The molecular formula is C30H36N10O7S. The van der Waals surface area contributed by atoms with E-state index in [2.05, 4.69) is 35.3 Å². The summed E-state index contributed by atoms with van der Waals surface area (Å²) >= 11 is 0. The van der Waals surface area contributed by atoms with Crippen LogP contribution >= 0.6 is 0 Å². The van der Waals surface area contributed by atoms with E-state index in [1.165, 1.54) is 37.0 Å². The normalized spacial score (nSPS) is 19.0. The molecule has 2 aliphatic rings. The zero-order chi connectivity index (χ0) is 33.8. The van der Waals surface area contributed by atoms with Gasteiger partial charge in [0.2, 0.25) is 21.9 Å². The molecule has 1 aliphatic carbocycles. The maximum atomic E-state index is 13.4. The molecule has 0 aromatic carbocycles. The largest absolute Gasteiger partial charge is 0.474 e. The van der Waals surface area contributed by atoms with E-state index in [0.717, 1.165) is 31.9 Å². The second kappa shape index (κ2) is 14.0. The molecule has 48 heavy (non-hydrogen) atoms. The number of morpholine rings is 1. The van der Waals surface area contributed by atoms with E-state index in [4.69, 9.17) is 19.2 Å². The molecule has 1 unspecified atom stereocenters. The van der Waals surface area contributed by atoms with Crippen LogP contribution in [0.3, 0.4) is 0 Å². The summed E-state index contributed by atoms with van der Waals surface area (Å²) in [6, 6.07) is 5.28. The first-order valence-corrected chi connectivity index (χ1v) is 17.3. The Balaban J connectivity index is 1.28. The van der Waals surface area contributed by atoms with E-state index in [1.54, 1.807) is 18.5 Å². The Morgan fingerprint density at radius 3 is 2.48 bits per heavy atom. The molecule has 1 saturated carbocycles. The first kappa shape index (κ1) is 33.0. The quantitative estimate of drug-likeness (QED) is 0.237. The number of aromatic nitrogens is 6. The lowest BCUT2D eigenvalue weighted by Gasteiger charge is -2.31. The third kappa shape index (κ3) is 7.28. The molecule has 0 bridgehead atoms. The van der Waals surface area contributed by atoms with Crippen molar-refractivity contribution in [1.29, 1.82) is 0 Å². The fraction of sp³-hybridized carbons (Fsp3) is 0.467. The molecule has 254 valence electrons. The van der Waals surface area contributed by atoms with E-state index in [1.807, 2.05) is 6.07 Å². The van der Waals surface area contributed by atoms with E-state index in [-0.39, 0.29) is 29.7 Å². The summed E-state index contributed by atoms with van der Waals surface area (Å²) in [5.41, 5.74) is 0.810. The lowest BCUT2D eigenvalue weighted by atomic mass is 9.93. The number of hydrogen-bond donors (Lipinski definition) is 1. The number of imidazole rings is 1. The number of amides is 1. The van der Waals surface area contributed by atoms with Crippen LogP contribution in [-0.4, -0.2) is 88.7 Å². The fourth-order valence-electron chi connectivity index (χ4n) is 5.83. The van der Waals surface area contributed by atoms with Gasteiger partial charge in [0.25, 0.3) is 5.95 Å². The van der Waals surface area contributed by atoms with E-state index in [0.29, 0.717) is 59.0 Å². The molecule has 1 amide bonds. The molecule has 6 rings (SSSR count). The van der Waals surface area contributed by atoms with Crippen LogP contribution in [0.2, 0.25) is 0 Å². The van der Waals surface area contributed by atoms with Gasteiger partial charge in [0, 0.05) is 49.8 Å². The van der Waals surface area contributed by atoms with Crippen LogP contribution < -0.4 is 19.3 Å². The first-order chi connectivity index (χ1) is 23.1. The van der Waals surface area contributed by atoms with Crippen LogP contribution in [-0.2, 0) is 26.5 Å². The number of ether oxygens (including phenoxy) is 3. The SMILES string of the molecule is CC(OC(=O)N(c1cnc2cc(N3CCOCC3)nc(OC3CCC(Nc4ncccn4)CC3)c2c1)S(C)(=O)=O)c1cnc(N=O)n1C. The van der Waals surface area contributed by atoms with Crippen molar-refractivity contribution in [1.82, 2.24) is 29.5 Å². The van der Waals surface area contributed by atoms with Gasteiger partial charge < -0.3 is 29.0 Å². The third-order valence-corrected chi connectivity index (χ3v) is 9.33. The molecule has 1 aliphatic heterocycles. The number of fused-ring (bicyclic) bond motifs is 1. The minimum atomic E-state index is -4.19. The van der Waals surface area contributed by atoms with Gasteiger partial charge in [-0.2, -0.15) is 9.29 Å².